The van der Waals surface area contributed by atoms with Gasteiger partial charge in [-0.1, -0.05) is 11.8 Å². The van der Waals surface area contributed by atoms with Crippen LogP contribution < -0.4 is 16.4 Å². The van der Waals surface area contributed by atoms with E-state index in [-0.39, 0.29) is 59.7 Å². The lowest BCUT2D eigenvalue weighted by Crippen LogP contribution is -2.41. The van der Waals surface area contributed by atoms with Crippen molar-refractivity contribution in [1.82, 2.24) is 40.5 Å². The second kappa shape index (κ2) is 69.2. The highest BCUT2D eigenvalue weighted by molar-refractivity contribution is 7.59. The topological polar surface area (TPSA) is 337 Å². The van der Waals surface area contributed by atoms with Gasteiger partial charge in [-0.05, 0) is 61.2 Å². The van der Waals surface area contributed by atoms with Crippen LogP contribution in [0.3, 0.4) is 0 Å². The van der Waals surface area contributed by atoms with Crippen LogP contribution in [0, 0.1) is 59.2 Å². The molecule has 80 heavy (non-hydrogen) atoms. The fourth-order valence-corrected chi connectivity index (χ4v) is 4.72. The summed E-state index contributed by atoms with van der Waals surface area (Å²) in [6.07, 6.45) is 11.6. The lowest BCUT2D eigenvalue weighted by molar-refractivity contribution is -0.143. The Labute approximate surface area is 492 Å². The van der Waals surface area contributed by atoms with Crippen LogP contribution in [-0.4, -0.2) is 224 Å². The number of esters is 2. The molecule has 3 atom stereocenters. The highest BCUT2D eigenvalue weighted by Gasteiger charge is 2.20. The SMILES string of the molecule is CC#CC#CC#CC#CC#CC.COC(=O)[C@@H](N)Cc1cnc[nH]1.COCCOCC=O.COCCOCCN[C@@H](Cc1cnc[nH]1)C(=O)O.COCCOCCN[C@@H](Cc1cnc[nH]1)C(=O)OC.COCCOCCO.S.S.S. The maximum atomic E-state index is 11.6. The molecule has 0 aliphatic rings. The number of rotatable bonds is 33. The molecule has 0 amide bonds. The number of aromatic amines is 3. The van der Waals surface area contributed by atoms with Gasteiger partial charge in [0.05, 0.1) is 112 Å². The molecule has 0 saturated heterocycles. The van der Waals surface area contributed by atoms with Crippen LogP contribution >= 0.6 is 40.5 Å². The molecular weight excluding hydrogens is 1100 g/mol. The summed E-state index contributed by atoms with van der Waals surface area (Å²) in [4.78, 5) is 63.4. The van der Waals surface area contributed by atoms with Crippen LogP contribution in [0.25, 0.3) is 0 Å². The van der Waals surface area contributed by atoms with E-state index >= 15 is 0 Å². The van der Waals surface area contributed by atoms with Crippen LogP contribution in [0.1, 0.15) is 30.9 Å². The zero-order chi connectivity index (χ0) is 57.7. The van der Waals surface area contributed by atoms with Gasteiger partial charge in [0.2, 0.25) is 0 Å². The first-order valence-corrected chi connectivity index (χ1v) is 23.7. The van der Waals surface area contributed by atoms with Gasteiger partial charge in [-0.25, -0.2) is 15.0 Å². The van der Waals surface area contributed by atoms with Gasteiger partial charge in [-0.15, -0.1) is 0 Å². The molecule has 0 spiro atoms. The van der Waals surface area contributed by atoms with Crippen LogP contribution in [0.15, 0.2) is 37.6 Å². The first-order chi connectivity index (χ1) is 37.5. The Morgan fingerprint density at radius 1 is 0.550 bits per heavy atom. The predicted octanol–water partition coefficient (Wildman–Crippen LogP) is -0.271. The van der Waals surface area contributed by atoms with E-state index < -0.39 is 30.1 Å². The number of carboxylic acid groups (broad SMARTS) is 1. The minimum absolute atomic E-state index is 0. The standard InChI is InChI=1S/C12H21N3O4.C12H6.C11H19N3O4.C7H11N3O2.C5H12O3.C5H10O3.3H2S/c1-17-5-6-19-4-3-14-11(12(16)18-2)7-10-8-13-9-15-10;1-3-5-7-9-11-12-10-8-6-4-2;1-17-4-5-18-3-2-13-10(11(15)16)6-9-7-12-8-14-9;1-12-7(11)6(8)2-5-3-9-4-10-5;2*1-7-4-5-8-3-2-6;;;/h8-9,11,14H,3-7H2,1-2H3,(H,13,15);1-2H3;7-8,10,13H,2-6H2,1H3,(H,12,14)(H,15,16);3-4,6H,2,8H2,1H3,(H,9,10);6H,2-5H2,1H3;2H,3-5H2,1H3;3*1H2/t11-;;10-;6-;;;;;/m0.00...../s1. The van der Waals surface area contributed by atoms with Gasteiger partial charge >= 0.3 is 17.9 Å². The minimum Gasteiger partial charge on any atom is -0.480 e. The maximum absolute atomic E-state index is 11.6. The van der Waals surface area contributed by atoms with Crippen LogP contribution in [0.4, 0.5) is 0 Å². The molecular formula is C52H85N9O16S3. The van der Waals surface area contributed by atoms with Crippen molar-refractivity contribution in [1.29, 1.82) is 0 Å². The molecule has 3 heterocycles. The second-order valence-electron chi connectivity index (χ2n) is 14.1. The molecule has 0 unspecified atom stereocenters. The Hall–Kier alpha value is -5.92. The number of nitrogens with two attached hydrogens (primary N) is 1. The van der Waals surface area contributed by atoms with E-state index in [1.54, 1.807) is 73.5 Å². The van der Waals surface area contributed by atoms with Crippen molar-refractivity contribution in [2.75, 3.05) is 142 Å². The molecule has 9 N–H and O–H groups in total. The van der Waals surface area contributed by atoms with Gasteiger partial charge in [-0.3, -0.25) is 14.4 Å². The molecule has 3 aromatic rings. The van der Waals surface area contributed by atoms with Crippen molar-refractivity contribution in [2.45, 2.75) is 51.2 Å². The second-order valence-corrected chi connectivity index (χ2v) is 14.1. The Bertz CT molecular complexity index is 2130. The molecule has 3 aromatic heterocycles. The number of aliphatic hydroxyl groups excluding tert-OH is 1. The molecule has 0 bridgehead atoms. The van der Waals surface area contributed by atoms with Gasteiger partial charge in [0.25, 0.3) is 0 Å². The fraction of sp³-hybridized carbons (Fsp3) is 0.558. The molecule has 0 aromatic carbocycles. The van der Waals surface area contributed by atoms with Crippen molar-refractivity contribution in [2.24, 2.45) is 5.73 Å². The largest absolute Gasteiger partial charge is 0.480 e. The number of imidazole rings is 3. The summed E-state index contributed by atoms with van der Waals surface area (Å²) in [6.45, 7) is 10.5. The number of aldehydes is 1. The molecule has 0 aliphatic heterocycles. The first kappa shape index (κ1) is 85.4. The van der Waals surface area contributed by atoms with E-state index in [0.717, 1.165) is 23.4 Å². The van der Waals surface area contributed by atoms with Crippen LogP contribution in [-0.2, 0) is 85.8 Å². The summed E-state index contributed by atoms with van der Waals surface area (Å²) in [5.74, 6) is 24.0. The third-order valence-corrected chi connectivity index (χ3v) is 8.35. The summed E-state index contributed by atoms with van der Waals surface area (Å²) in [5.41, 5.74) is 7.99. The molecule has 25 nitrogen and oxygen atoms in total. The average molecular weight is 1190 g/mol. The molecule has 28 heteroatoms. The van der Waals surface area contributed by atoms with Crippen LogP contribution in [0.2, 0.25) is 0 Å². The highest BCUT2D eigenvalue weighted by atomic mass is 32.1. The molecule has 0 saturated carbocycles. The van der Waals surface area contributed by atoms with Gasteiger partial charge in [0, 0.05) is 96.5 Å². The van der Waals surface area contributed by atoms with Crippen molar-refractivity contribution in [3.63, 3.8) is 0 Å². The van der Waals surface area contributed by atoms with Gasteiger partial charge < -0.3 is 93.7 Å². The summed E-state index contributed by atoms with van der Waals surface area (Å²) >= 11 is 0. The van der Waals surface area contributed by atoms with E-state index in [4.69, 9.17) is 49.1 Å². The zero-order valence-electron chi connectivity index (χ0n) is 47.0. The molecule has 0 aliphatic carbocycles. The number of ether oxygens (including phenoxy) is 10. The Kier molecular flexibility index (Phi) is 73.8. The zero-order valence-corrected chi connectivity index (χ0v) is 50.0. The maximum Gasteiger partial charge on any atom is 0.323 e. The smallest absolute Gasteiger partial charge is 0.323 e. The van der Waals surface area contributed by atoms with Gasteiger partial charge in [-0.2, -0.15) is 40.5 Å². The Balaban J connectivity index is -0.000000210. The number of aromatic nitrogens is 6. The number of hydrogen-bond donors (Lipinski definition) is 8. The highest BCUT2D eigenvalue weighted by Crippen LogP contribution is 2.01. The number of hydrogen-bond acceptors (Lipinski definition) is 21. The number of nitrogens with one attached hydrogen (secondary N) is 5. The monoisotopic (exact) mass is 1190 g/mol. The summed E-state index contributed by atoms with van der Waals surface area (Å²) in [6, 6.07) is -1.66. The van der Waals surface area contributed by atoms with Crippen molar-refractivity contribution in [3.05, 3.63) is 54.7 Å². The lowest BCUT2D eigenvalue weighted by atomic mass is 10.1. The number of H-pyrrole nitrogens is 3. The van der Waals surface area contributed by atoms with Crippen LogP contribution in [0.5, 0.6) is 0 Å². The van der Waals surface area contributed by atoms with E-state index in [0.29, 0.717) is 105 Å². The van der Waals surface area contributed by atoms with Crippen molar-refractivity contribution < 1.29 is 76.8 Å². The Morgan fingerprint density at radius 3 is 1.25 bits per heavy atom. The molecule has 3 rings (SSSR count). The summed E-state index contributed by atoms with van der Waals surface area (Å²) in [5, 5.41) is 23.3. The number of carbonyl (C=O) groups excluding carboxylic acids is 3. The number of aliphatic hydroxyl groups is 1. The minimum atomic E-state index is -0.888. The molecule has 0 fully saturated rings. The van der Waals surface area contributed by atoms with Gasteiger partial charge in [0.15, 0.2) is 0 Å². The summed E-state index contributed by atoms with van der Waals surface area (Å²) in [7, 11) is 9.12. The van der Waals surface area contributed by atoms with Gasteiger partial charge in [0.1, 0.15) is 31.0 Å². The van der Waals surface area contributed by atoms with Crippen molar-refractivity contribution >= 4 is 64.7 Å². The number of methoxy groups -OCH3 is 6. The molecule has 0 radical (unpaired) electrons. The van der Waals surface area contributed by atoms with E-state index in [1.165, 1.54) is 20.5 Å². The van der Waals surface area contributed by atoms with E-state index in [1.807, 2.05) is 0 Å². The van der Waals surface area contributed by atoms with Crippen molar-refractivity contribution in [3.8, 4) is 59.2 Å². The first-order valence-electron chi connectivity index (χ1n) is 23.7. The van der Waals surface area contributed by atoms with E-state index in [2.05, 4.69) is 114 Å². The predicted molar refractivity (Wildman–Crippen MR) is 315 cm³/mol. The lowest BCUT2D eigenvalue weighted by Gasteiger charge is -2.15. The number of carboxylic acids is 1. The number of aliphatic carboxylic acids is 1. The fourth-order valence-electron chi connectivity index (χ4n) is 4.72. The quantitative estimate of drug-likeness (QED) is 0.0168. The third kappa shape index (κ3) is 59.7. The number of nitrogens with zero attached hydrogens (tertiary/aromatic N) is 3. The summed E-state index contributed by atoms with van der Waals surface area (Å²) < 4.78 is 48.4. The molecule has 452 valence electrons. The third-order valence-electron chi connectivity index (χ3n) is 8.35. The number of carbonyl (C=O) groups is 4. The van der Waals surface area contributed by atoms with E-state index in [9.17, 15) is 19.2 Å². The Morgan fingerprint density at radius 2 is 0.912 bits per heavy atom. The normalized spacial score (nSPS) is 10.1. The average Bonchev–Trinajstić information content (AvgIpc) is 4.28.